The first-order valence-electron chi connectivity index (χ1n) is 7.87. The Balaban J connectivity index is 1.93. The average molecular weight is 342 g/mol. The van der Waals surface area contributed by atoms with Crippen LogP contribution in [-0.4, -0.2) is 18.5 Å². The van der Waals surface area contributed by atoms with Crippen LogP contribution in [0.3, 0.4) is 0 Å². The highest BCUT2D eigenvalue weighted by atomic mass is 19.1. The van der Waals surface area contributed by atoms with Crippen LogP contribution in [0.5, 0.6) is 5.75 Å². The van der Waals surface area contributed by atoms with Gasteiger partial charge in [0.05, 0.1) is 0 Å². The molecule has 6 heteroatoms. The van der Waals surface area contributed by atoms with E-state index in [1.807, 2.05) is 6.92 Å². The van der Waals surface area contributed by atoms with E-state index in [0.29, 0.717) is 23.5 Å². The van der Waals surface area contributed by atoms with E-state index >= 15 is 0 Å². The number of carbonyl (C=O) groups excluding carboxylic acids is 2. The Morgan fingerprint density at radius 2 is 1.92 bits per heavy atom. The predicted octanol–water partition coefficient (Wildman–Crippen LogP) is 3.98. The number of benzene rings is 2. The lowest BCUT2D eigenvalue weighted by atomic mass is 10.2. The van der Waals surface area contributed by atoms with Gasteiger partial charge in [-0.3, -0.25) is 0 Å². The van der Waals surface area contributed by atoms with E-state index < -0.39 is 5.97 Å². The Bertz CT molecular complexity index is 758. The minimum absolute atomic E-state index is 0.307. The van der Waals surface area contributed by atoms with Crippen LogP contribution < -0.4 is 15.4 Å². The molecule has 0 bridgehead atoms. The molecule has 0 aromatic heterocycles. The number of esters is 1. The number of ether oxygens (including phenoxy) is 1. The number of nitrogens with one attached hydrogen (secondary N) is 2. The second-order valence-corrected chi connectivity index (χ2v) is 5.21. The molecule has 2 rings (SSSR count). The maximum Gasteiger partial charge on any atom is 0.336 e. The Kier molecular flexibility index (Phi) is 6.71. The summed E-state index contributed by atoms with van der Waals surface area (Å²) in [6, 6.07) is 11.9. The number of urea groups is 1. The highest BCUT2D eigenvalue weighted by molar-refractivity contribution is 5.90. The minimum Gasteiger partial charge on any atom is -0.423 e. The van der Waals surface area contributed by atoms with E-state index in [2.05, 4.69) is 10.6 Å². The Morgan fingerprint density at radius 3 is 2.64 bits per heavy atom. The van der Waals surface area contributed by atoms with E-state index in [1.54, 1.807) is 36.4 Å². The summed E-state index contributed by atoms with van der Waals surface area (Å²) in [5.74, 6) is -0.606. The van der Waals surface area contributed by atoms with Gasteiger partial charge in [-0.2, -0.15) is 0 Å². The molecule has 0 saturated heterocycles. The second-order valence-electron chi connectivity index (χ2n) is 5.21. The molecule has 0 spiro atoms. The molecule has 2 aromatic carbocycles. The lowest BCUT2D eigenvalue weighted by Crippen LogP contribution is -2.29. The zero-order chi connectivity index (χ0) is 18.1. The van der Waals surface area contributed by atoms with Gasteiger partial charge in [-0.25, -0.2) is 14.0 Å². The quantitative estimate of drug-likeness (QED) is 0.474. The molecule has 0 radical (unpaired) electrons. The number of hydrogen-bond acceptors (Lipinski definition) is 3. The van der Waals surface area contributed by atoms with Crippen LogP contribution in [0.2, 0.25) is 0 Å². The van der Waals surface area contributed by atoms with E-state index in [4.69, 9.17) is 4.74 Å². The predicted molar refractivity (Wildman–Crippen MR) is 94.8 cm³/mol. The van der Waals surface area contributed by atoms with Crippen molar-refractivity contribution >= 4 is 23.8 Å². The SMILES string of the molecule is CCCNC(=O)Nc1cccc(OC(=O)C=Cc2ccc(F)cc2)c1. The molecule has 25 heavy (non-hydrogen) atoms. The fraction of sp³-hybridized carbons (Fsp3) is 0.158. The lowest BCUT2D eigenvalue weighted by molar-refractivity contribution is -0.128. The Hall–Kier alpha value is -3.15. The van der Waals surface area contributed by atoms with Gasteiger partial charge in [0.2, 0.25) is 0 Å². The summed E-state index contributed by atoms with van der Waals surface area (Å²) in [7, 11) is 0. The van der Waals surface area contributed by atoms with Gasteiger partial charge in [-0.1, -0.05) is 25.1 Å². The molecule has 0 atom stereocenters. The summed E-state index contributed by atoms with van der Waals surface area (Å²) in [6.07, 6.45) is 3.62. The number of amides is 2. The zero-order valence-corrected chi connectivity index (χ0v) is 13.8. The van der Waals surface area contributed by atoms with Gasteiger partial charge in [-0.15, -0.1) is 0 Å². The average Bonchev–Trinajstić information content (AvgIpc) is 2.60. The van der Waals surface area contributed by atoms with Crippen LogP contribution in [0.15, 0.2) is 54.6 Å². The summed E-state index contributed by atoms with van der Waals surface area (Å²) in [5.41, 5.74) is 1.20. The molecular formula is C19H19FN2O3. The molecular weight excluding hydrogens is 323 g/mol. The maximum absolute atomic E-state index is 12.8. The summed E-state index contributed by atoms with van der Waals surface area (Å²) in [4.78, 5) is 23.5. The number of halogens is 1. The summed E-state index contributed by atoms with van der Waals surface area (Å²) >= 11 is 0. The molecule has 0 saturated carbocycles. The van der Waals surface area contributed by atoms with Crippen LogP contribution in [0.25, 0.3) is 6.08 Å². The van der Waals surface area contributed by atoms with Gasteiger partial charge >= 0.3 is 12.0 Å². The summed E-state index contributed by atoms with van der Waals surface area (Å²) in [5, 5.41) is 5.35. The van der Waals surface area contributed by atoms with Crippen molar-refractivity contribution in [1.82, 2.24) is 5.32 Å². The third kappa shape index (κ3) is 6.47. The molecule has 0 heterocycles. The van der Waals surface area contributed by atoms with Gasteiger partial charge in [0.1, 0.15) is 11.6 Å². The third-order valence-corrected chi connectivity index (χ3v) is 3.13. The number of carbonyl (C=O) groups is 2. The standard InChI is InChI=1S/C19H19FN2O3/c1-2-12-21-19(24)22-16-4-3-5-17(13-16)25-18(23)11-8-14-6-9-15(20)10-7-14/h3-11,13H,2,12H2,1H3,(H2,21,22,24). The largest absolute Gasteiger partial charge is 0.423 e. The van der Waals surface area contributed by atoms with Gasteiger partial charge in [-0.05, 0) is 42.3 Å². The highest BCUT2D eigenvalue weighted by Crippen LogP contribution is 2.17. The number of rotatable bonds is 6. The fourth-order valence-electron chi connectivity index (χ4n) is 1.94. The van der Waals surface area contributed by atoms with Crippen molar-refractivity contribution in [2.75, 3.05) is 11.9 Å². The molecule has 0 unspecified atom stereocenters. The van der Waals surface area contributed by atoms with Crippen molar-refractivity contribution in [2.24, 2.45) is 0 Å². The first kappa shape index (κ1) is 18.2. The van der Waals surface area contributed by atoms with Gasteiger partial charge in [0, 0.05) is 24.4 Å². The van der Waals surface area contributed by atoms with Gasteiger partial charge < -0.3 is 15.4 Å². The second kappa shape index (κ2) is 9.22. The van der Waals surface area contributed by atoms with Crippen LogP contribution >= 0.6 is 0 Å². The normalized spacial score (nSPS) is 10.5. The van der Waals surface area contributed by atoms with E-state index in [0.717, 1.165) is 6.42 Å². The molecule has 0 aliphatic carbocycles. The van der Waals surface area contributed by atoms with Gasteiger partial charge in [0.15, 0.2) is 0 Å². The molecule has 5 nitrogen and oxygen atoms in total. The van der Waals surface area contributed by atoms with Crippen LogP contribution in [-0.2, 0) is 4.79 Å². The van der Waals surface area contributed by atoms with Crippen molar-refractivity contribution in [2.45, 2.75) is 13.3 Å². The van der Waals surface area contributed by atoms with Crippen molar-refractivity contribution in [3.8, 4) is 5.75 Å². The topological polar surface area (TPSA) is 67.4 Å². The van der Waals surface area contributed by atoms with Crippen molar-refractivity contribution in [3.05, 3.63) is 66.0 Å². The first-order valence-corrected chi connectivity index (χ1v) is 7.87. The summed E-state index contributed by atoms with van der Waals surface area (Å²) < 4.78 is 18.0. The molecule has 0 aliphatic heterocycles. The minimum atomic E-state index is -0.572. The third-order valence-electron chi connectivity index (χ3n) is 3.13. The van der Waals surface area contributed by atoms with E-state index in [9.17, 15) is 14.0 Å². The summed E-state index contributed by atoms with van der Waals surface area (Å²) in [6.45, 7) is 2.54. The monoisotopic (exact) mass is 342 g/mol. The first-order chi connectivity index (χ1) is 12.1. The number of anilines is 1. The molecule has 0 fully saturated rings. The van der Waals surface area contributed by atoms with Crippen LogP contribution in [0.4, 0.5) is 14.9 Å². The van der Waals surface area contributed by atoms with Crippen LogP contribution in [0, 0.1) is 5.82 Å². The van der Waals surface area contributed by atoms with Crippen molar-refractivity contribution in [3.63, 3.8) is 0 Å². The lowest BCUT2D eigenvalue weighted by Gasteiger charge is -2.08. The molecule has 130 valence electrons. The zero-order valence-electron chi connectivity index (χ0n) is 13.8. The molecule has 2 amide bonds. The highest BCUT2D eigenvalue weighted by Gasteiger charge is 2.04. The van der Waals surface area contributed by atoms with Crippen molar-refractivity contribution in [1.29, 1.82) is 0 Å². The Morgan fingerprint density at radius 1 is 1.16 bits per heavy atom. The smallest absolute Gasteiger partial charge is 0.336 e. The van der Waals surface area contributed by atoms with Gasteiger partial charge in [0.25, 0.3) is 0 Å². The molecule has 2 aromatic rings. The van der Waals surface area contributed by atoms with E-state index in [-0.39, 0.29) is 11.8 Å². The Labute approximate surface area is 145 Å². The molecule has 0 aliphatic rings. The van der Waals surface area contributed by atoms with Crippen LogP contribution in [0.1, 0.15) is 18.9 Å². The number of hydrogen-bond donors (Lipinski definition) is 2. The fourth-order valence-corrected chi connectivity index (χ4v) is 1.94. The van der Waals surface area contributed by atoms with Crippen molar-refractivity contribution < 1.29 is 18.7 Å². The maximum atomic E-state index is 12.8. The van der Waals surface area contributed by atoms with E-state index in [1.165, 1.54) is 24.3 Å². The molecule has 2 N–H and O–H groups in total.